The summed E-state index contributed by atoms with van der Waals surface area (Å²) in [6, 6.07) is 1.92. The van der Waals surface area contributed by atoms with E-state index in [0.717, 1.165) is 27.7 Å². The molecular formula is C15H18N6O2S4. The second-order valence-electron chi connectivity index (χ2n) is 5.70. The lowest BCUT2D eigenvalue weighted by Crippen LogP contribution is -2.24. The van der Waals surface area contributed by atoms with E-state index in [1.165, 1.54) is 23.9 Å². The van der Waals surface area contributed by atoms with E-state index in [4.69, 9.17) is 18.0 Å². The molecule has 0 radical (unpaired) electrons. The van der Waals surface area contributed by atoms with Crippen LogP contribution in [0.4, 0.5) is 5.82 Å². The molecule has 0 bridgehead atoms. The van der Waals surface area contributed by atoms with E-state index in [-0.39, 0.29) is 0 Å². The number of nitrogens with one attached hydrogen (secondary N) is 1. The zero-order valence-electron chi connectivity index (χ0n) is 14.5. The van der Waals surface area contributed by atoms with Gasteiger partial charge in [0.2, 0.25) is 0 Å². The average molecular weight is 443 g/mol. The van der Waals surface area contributed by atoms with E-state index in [2.05, 4.69) is 20.3 Å². The van der Waals surface area contributed by atoms with Gasteiger partial charge in [-0.1, -0.05) is 12.2 Å². The van der Waals surface area contributed by atoms with Gasteiger partial charge < -0.3 is 15.6 Å². The van der Waals surface area contributed by atoms with Crippen molar-refractivity contribution in [3.8, 4) is 0 Å². The molecule has 27 heavy (non-hydrogen) atoms. The Balaban J connectivity index is 1.53. The predicted octanol–water partition coefficient (Wildman–Crippen LogP) is 2.02. The van der Waals surface area contributed by atoms with E-state index < -0.39 is 8.87 Å². The van der Waals surface area contributed by atoms with Crippen LogP contribution in [0, 0.1) is 0 Å². The van der Waals surface area contributed by atoms with Gasteiger partial charge in [-0.25, -0.2) is 23.4 Å². The van der Waals surface area contributed by atoms with E-state index in [1.807, 2.05) is 16.0 Å². The van der Waals surface area contributed by atoms with Crippen LogP contribution in [0.2, 0.25) is 0 Å². The molecule has 0 spiro atoms. The van der Waals surface area contributed by atoms with Crippen LogP contribution < -0.4 is 11.1 Å². The fraction of sp³-hybridized carbons (Fsp3) is 0.333. The minimum absolute atomic E-state index is 0.370. The zero-order chi connectivity index (χ0) is 19.4. The maximum atomic E-state index is 11.3. The topological polar surface area (TPSA) is 116 Å². The van der Waals surface area contributed by atoms with E-state index in [1.54, 1.807) is 6.33 Å². The molecule has 0 aliphatic rings. The Hall–Kier alpha value is -1.76. The summed E-state index contributed by atoms with van der Waals surface area (Å²) in [6.07, 6.45) is 5.15. The van der Waals surface area contributed by atoms with Crippen molar-refractivity contribution in [2.24, 2.45) is 0 Å². The first kappa shape index (κ1) is 20.0. The number of nitrogens with zero attached hydrogens (tertiary/aromatic N) is 4. The Morgan fingerprint density at radius 1 is 1.41 bits per heavy atom. The Kier molecular flexibility index (Phi) is 6.29. The normalized spacial score (nSPS) is 11.7. The highest BCUT2D eigenvalue weighted by Crippen LogP contribution is 2.25. The van der Waals surface area contributed by atoms with Crippen molar-refractivity contribution < 1.29 is 8.42 Å². The van der Waals surface area contributed by atoms with Crippen molar-refractivity contribution in [3.63, 3.8) is 0 Å². The maximum absolute atomic E-state index is 11.3. The first-order chi connectivity index (χ1) is 12.8. The van der Waals surface area contributed by atoms with E-state index >= 15 is 0 Å². The first-order valence-electron chi connectivity index (χ1n) is 7.95. The summed E-state index contributed by atoms with van der Waals surface area (Å²) >= 11 is 6.96. The SMILES string of the molecule is CS(=O)(=O)SCc1sccc1C(=S)NCCCn1cnc2c(N)ncnc21. The molecule has 0 aliphatic heterocycles. The monoisotopic (exact) mass is 442 g/mol. The van der Waals surface area contributed by atoms with Crippen molar-refractivity contribution in [1.82, 2.24) is 24.8 Å². The second-order valence-corrected chi connectivity index (χ2v) is 11.6. The van der Waals surface area contributed by atoms with Gasteiger partial charge in [-0.3, -0.25) is 0 Å². The van der Waals surface area contributed by atoms with Crippen LogP contribution in [0.25, 0.3) is 11.2 Å². The lowest BCUT2D eigenvalue weighted by atomic mass is 10.2. The van der Waals surface area contributed by atoms with Crippen molar-refractivity contribution in [2.45, 2.75) is 18.7 Å². The summed E-state index contributed by atoms with van der Waals surface area (Å²) in [6.45, 7) is 1.39. The number of aromatic nitrogens is 4. The van der Waals surface area contributed by atoms with Crippen LogP contribution in [0.15, 0.2) is 24.1 Å². The van der Waals surface area contributed by atoms with Gasteiger partial charge in [0.1, 0.15) is 16.8 Å². The molecule has 0 aromatic carbocycles. The number of thiophene rings is 1. The van der Waals surface area contributed by atoms with Gasteiger partial charge in [0, 0.05) is 35.5 Å². The number of thiocarbonyl (C=S) groups is 1. The Bertz CT molecular complexity index is 1060. The lowest BCUT2D eigenvalue weighted by Gasteiger charge is -2.09. The third-order valence-corrected chi connectivity index (χ3v) is 7.63. The molecule has 0 aliphatic carbocycles. The van der Waals surface area contributed by atoms with Crippen LogP contribution in [-0.4, -0.2) is 45.7 Å². The summed E-state index contributed by atoms with van der Waals surface area (Å²) in [7, 11) is -2.16. The van der Waals surface area contributed by atoms with Crippen molar-refractivity contribution in [1.29, 1.82) is 0 Å². The fourth-order valence-corrected chi connectivity index (χ4v) is 5.59. The highest BCUT2D eigenvalue weighted by atomic mass is 33.1. The lowest BCUT2D eigenvalue weighted by molar-refractivity contribution is 0.615. The van der Waals surface area contributed by atoms with Crippen molar-refractivity contribution >= 4 is 65.2 Å². The Morgan fingerprint density at radius 3 is 3.00 bits per heavy atom. The van der Waals surface area contributed by atoms with Gasteiger partial charge in [-0.05, 0) is 28.7 Å². The molecule has 0 amide bonds. The largest absolute Gasteiger partial charge is 0.382 e. The molecule has 0 saturated heterocycles. The van der Waals surface area contributed by atoms with Crippen LogP contribution in [-0.2, 0) is 21.2 Å². The minimum atomic E-state index is -3.08. The van der Waals surface area contributed by atoms with Gasteiger partial charge in [-0.2, -0.15) is 0 Å². The van der Waals surface area contributed by atoms with E-state index in [9.17, 15) is 8.42 Å². The molecule has 3 rings (SSSR count). The molecule has 3 N–H and O–H groups in total. The molecule has 144 valence electrons. The molecule has 0 atom stereocenters. The van der Waals surface area contributed by atoms with Crippen LogP contribution in [0.3, 0.4) is 0 Å². The highest BCUT2D eigenvalue weighted by Gasteiger charge is 2.12. The number of anilines is 1. The summed E-state index contributed by atoms with van der Waals surface area (Å²) in [4.78, 5) is 14.0. The third kappa shape index (κ3) is 5.15. The van der Waals surface area contributed by atoms with Gasteiger partial charge in [-0.15, -0.1) is 11.3 Å². The number of fused-ring (bicyclic) bond motifs is 1. The molecular weight excluding hydrogens is 424 g/mol. The molecule has 0 unspecified atom stereocenters. The number of imidazole rings is 1. The van der Waals surface area contributed by atoms with Gasteiger partial charge in [0.15, 0.2) is 20.3 Å². The summed E-state index contributed by atoms with van der Waals surface area (Å²) < 4.78 is 24.6. The average Bonchev–Trinajstić information content (AvgIpc) is 3.24. The fourth-order valence-electron chi connectivity index (χ4n) is 2.42. The molecule has 8 nitrogen and oxygen atoms in total. The number of rotatable bonds is 8. The summed E-state index contributed by atoms with van der Waals surface area (Å²) in [5.41, 5.74) is 7.99. The summed E-state index contributed by atoms with van der Waals surface area (Å²) in [5.74, 6) is 0.769. The van der Waals surface area contributed by atoms with Crippen LogP contribution in [0.1, 0.15) is 16.9 Å². The van der Waals surface area contributed by atoms with Crippen LogP contribution >= 0.6 is 34.3 Å². The zero-order valence-corrected chi connectivity index (χ0v) is 17.7. The number of aryl methyl sites for hydroxylation is 1. The van der Waals surface area contributed by atoms with Gasteiger partial charge in [0.25, 0.3) is 0 Å². The summed E-state index contributed by atoms with van der Waals surface area (Å²) in [5, 5.41) is 5.15. The first-order valence-corrected chi connectivity index (χ1v) is 12.6. The smallest absolute Gasteiger partial charge is 0.199 e. The molecule has 3 heterocycles. The minimum Gasteiger partial charge on any atom is -0.382 e. The highest BCUT2D eigenvalue weighted by molar-refractivity contribution is 8.71. The molecule has 0 saturated carbocycles. The number of hydrogen-bond acceptors (Lipinski definition) is 9. The van der Waals surface area contributed by atoms with Gasteiger partial charge >= 0.3 is 0 Å². The third-order valence-electron chi connectivity index (χ3n) is 3.69. The number of nitrogens with two attached hydrogens (primary N) is 1. The number of nitrogen functional groups attached to an aromatic ring is 1. The molecule has 12 heteroatoms. The van der Waals surface area contributed by atoms with Crippen molar-refractivity contribution in [2.75, 3.05) is 18.5 Å². The standard InChI is InChI=1S/C15H18N6O2S4/c1-27(22,23)26-7-11-10(3-6-25-11)15(24)17-4-2-5-21-9-20-12-13(16)18-8-19-14(12)21/h3,6,8-9H,2,4-5,7H2,1H3,(H,17,24)(H2,16,18,19). The van der Waals surface area contributed by atoms with Gasteiger partial charge in [0.05, 0.1) is 6.33 Å². The van der Waals surface area contributed by atoms with Crippen LogP contribution in [0.5, 0.6) is 0 Å². The molecule has 3 aromatic rings. The van der Waals surface area contributed by atoms with E-state index in [0.29, 0.717) is 40.8 Å². The molecule has 3 aromatic heterocycles. The quantitative estimate of drug-likeness (QED) is 0.307. The molecule has 0 fully saturated rings. The maximum Gasteiger partial charge on any atom is 0.199 e. The predicted molar refractivity (Wildman–Crippen MR) is 115 cm³/mol. The number of hydrogen-bond donors (Lipinski definition) is 2. The Morgan fingerprint density at radius 2 is 2.22 bits per heavy atom. The van der Waals surface area contributed by atoms with Crippen molar-refractivity contribution in [3.05, 3.63) is 34.5 Å². The second kappa shape index (κ2) is 8.50. The Labute approximate surface area is 169 Å².